The predicted octanol–water partition coefficient (Wildman–Crippen LogP) is 3.78. The molecule has 2 aliphatic heterocycles. The first kappa shape index (κ1) is 22.9. The molecule has 9 heteroatoms. The van der Waals surface area contributed by atoms with Crippen LogP contribution < -0.4 is 5.32 Å². The number of ketones is 1. The Morgan fingerprint density at radius 3 is 2.56 bits per heavy atom. The minimum atomic E-state index is -3.73. The van der Waals surface area contributed by atoms with Crippen LogP contribution in [0.4, 0.5) is 4.39 Å². The van der Waals surface area contributed by atoms with Gasteiger partial charge >= 0.3 is 0 Å². The summed E-state index contributed by atoms with van der Waals surface area (Å²) in [6.07, 6.45) is 1.55. The molecule has 170 valence electrons. The standard InChI is InChI=1S/C23H25FN2O4S2/c1-15(27)17-3-2-4-19(13-17)32(29,30)26-10-7-16(8-11-26)23(28)25-21-9-12-31-22-6-5-18(24)14-20(21)22/h2-6,13-14,16,21H,7-12H2,1H3,(H,25,28). The van der Waals surface area contributed by atoms with Crippen LogP contribution in [0.5, 0.6) is 0 Å². The van der Waals surface area contributed by atoms with Gasteiger partial charge in [0.25, 0.3) is 0 Å². The van der Waals surface area contributed by atoms with E-state index >= 15 is 0 Å². The van der Waals surface area contributed by atoms with Gasteiger partial charge in [-0.1, -0.05) is 12.1 Å². The van der Waals surface area contributed by atoms with Crippen molar-refractivity contribution in [2.75, 3.05) is 18.8 Å². The summed E-state index contributed by atoms with van der Waals surface area (Å²) in [6, 6.07) is 10.5. The van der Waals surface area contributed by atoms with Gasteiger partial charge in [0.1, 0.15) is 5.82 Å². The van der Waals surface area contributed by atoms with E-state index in [2.05, 4.69) is 5.32 Å². The second-order valence-electron chi connectivity index (χ2n) is 8.14. The maximum atomic E-state index is 13.7. The molecule has 1 saturated heterocycles. The lowest BCUT2D eigenvalue weighted by Crippen LogP contribution is -2.44. The molecule has 1 amide bonds. The number of Topliss-reactive ketones (excluding diaryl/α,β-unsaturated/α-hetero) is 1. The summed E-state index contributed by atoms with van der Waals surface area (Å²) >= 11 is 1.66. The number of nitrogens with one attached hydrogen (secondary N) is 1. The molecule has 0 saturated carbocycles. The molecule has 1 unspecified atom stereocenters. The Labute approximate surface area is 191 Å². The molecule has 0 bridgehead atoms. The highest BCUT2D eigenvalue weighted by molar-refractivity contribution is 7.99. The molecular formula is C23H25FN2O4S2. The fourth-order valence-corrected chi connectivity index (χ4v) is 6.81. The molecule has 2 heterocycles. The molecule has 2 aromatic carbocycles. The number of hydrogen-bond acceptors (Lipinski definition) is 5. The number of halogens is 1. The van der Waals surface area contributed by atoms with Crippen LogP contribution in [-0.2, 0) is 14.8 Å². The van der Waals surface area contributed by atoms with Crippen molar-refractivity contribution in [1.82, 2.24) is 9.62 Å². The van der Waals surface area contributed by atoms with Crippen molar-refractivity contribution < 1.29 is 22.4 Å². The number of sulfonamides is 1. The van der Waals surface area contributed by atoms with Gasteiger partial charge in [-0.15, -0.1) is 11.8 Å². The highest BCUT2D eigenvalue weighted by Crippen LogP contribution is 2.37. The van der Waals surface area contributed by atoms with E-state index in [1.807, 2.05) is 0 Å². The van der Waals surface area contributed by atoms with Crippen LogP contribution in [0.1, 0.15) is 48.1 Å². The fraction of sp³-hybridized carbons (Fsp3) is 0.391. The van der Waals surface area contributed by atoms with Crippen molar-refractivity contribution in [2.24, 2.45) is 5.92 Å². The largest absolute Gasteiger partial charge is 0.349 e. The summed E-state index contributed by atoms with van der Waals surface area (Å²) in [5.74, 6) is -0.0817. The van der Waals surface area contributed by atoms with Gasteiger partial charge in [-0.05, 0) is 62.1 Å². The van der Waals surface area contributed by atoms with Gasteiger partial charge in [0.05, 0.1) is 10.9 Å². The molecule has 6 nitrogen and oxygen atoms in total. The predicted molar refractivity (Wildman–Crippen MR) is 121 cm³/mol. The number of thioether (sulfide) groups is 1. The molecule has 1 fully saturated rings. The minimum Gasteiger partial charge on any atom is -0.349 e. The Morgan fingerprint density at radius 1 is 1.09 bits per heavy atom. The number of amides is 1. The van der Waals surface area contributed by atoms with Gasteiger partial charge in [-0.2, -0.15) is 4.31 Å². The summed E-state index contributed by atoms with van der Waals surface area (Å²) in [7, 11) is -3.73. The average Bonchev–Trinajstić information content (AvgIpc) is 2.79. The summed E-state index contributed by atoms with van der Waals surface area (Å²) in [6.45, 7) is 1.86. The average molecular weight is 477 g/mol. The van der Waals surface area contributed by atoms with Gasteiger partial charge in [0, 0.05) is 35.2 Å². The van der Waals surface area contributed by atoms with Crippen molar-refractivity contribution in [1.29, 1.82) is 0 Å². The fourth-order valence-electron chi connectivity index (χ4n) is 4.19. The SMILES string of the molecule is CC(=O)c1cccc(S(=O)(=O)N2CCC(C(=O)NC3CCSc4ccc(F)cc43)CC2)c1. The Morgan fingerprint density at radius 2 is 1.84 bits per heavy atom. The lowest BCUT2D eigenvalue weighted by Gasteiger charge is -2.32. The number of carbonyl (C=O) groups excluding carboxylic acids is 2. The molecule has 32 heavy (non-hydrogen) atoms. The Kier molecular flexibility index (Phi) is 6.69. The van der Waals surface area contributed by atoms with Crippen LogP contribution in [-0.4, -0.2) is 43.3 Å². The number of rotatable bonds is 5. The van der Waals surface area contributed by atoms with E-state index in [1.165, 1.54) is 35.5 Å². The minimum absolute atomic E-state index is 0.0893. The normalized spacial score (nSPS) is 19.9. The first-order valence-corrected chi connectivity index (χ1v) is 13.0. The number of carbonyl (C=O) groups is 2. The van der Waals surface area contributed by atoms with E-state index < -0.39 is 10.0 Å². The molecular weight excluding hydrogens is 451 g/mol. The highest BCUT2D eigenvalue weighted by Gasteiger charge is 2.33. The first-order valence-electron chi connectivity index (χ1n) is 10.6. The van der Waals surface area contributed by atoms with Crippen molar-refractivity contribution in [3.63, 3.8) is 0 Å². The van der Waals surface area contributed by atoms with E-state index in [1.54, 1.807) is 30.0 Å². The number of piperidine rings is 1. The maximum absolute atomic E-state index is 13.7. The lowest BCUT2D eigenvalue weighted by molar-refractivity contribution is -0.127. The van der Waals surface area contributed by atoms with Crippen LogP contribution in [0.15, 0.2) is 52.3 Å². The van der Waals surface area contributed by atoms with Gasteiger partial charge in [0.2, 0.25) is 15.9 Å². The van der Waals surface area contributed by atoms with E-state index in [0.717, 1.165) is 22.6 Å². The molecule has 2 aromatic rings. The summed E-state index contributed by atoms with van der Waals surface area (Å²) in [4.78, 5) is 25.6. The molecule has 4 rings (SSSR count). The topological polar surface area (TPSA) is 83.6 Å². The second kappa shape index (κ2) is 9.33. The third-order valence-corrected chi connectivity index (χ3v) is 9.05. The highest BCUT2D eigenvalue weighted by atomic mass is 32.2. The number of fused-ring (bicyclic) bond motifs is 1. The van der Waals surface area contributed by atoms with Crippen molar-refractivity contribution in [2.45, 2.75) is 42.0 Å². The zero-order valence-electron chi connectivity index (χ0n) is 17.7. The van der Waals surface area contributed by atoms with Crippen LogP contribution in [0.25, 0.3) is 0 Å². The molecule has 0 radical (unpaired) electrons. The van der Waals surface area contributed by atoms with Crippen LogP contribution in [0.3, 0.4) is 0 Å². The van der Waals surface area contributed by atoms with E-state index in [9.17, 15) is 22.4 Å². The molecule has 1 N–H and O–H groups in total. The maximum Gasteiger partial charge on any atom is 0.243 e. The van der Waals surface area contributed by atoms with Gasteiger partial charge in [0.15, 0.2) is 5.78 Å². The molecule has 0 aromatic heterocycles. The Balaban J connectivity index is 1.40. The van der Waals surface area contributed by atoms with Crippen molar-refractivity contribution in [3.8, 4) is 0 Å². The first-order chi connectivity index (χ1) is 15.3. The number of benzene rings is 2. The van der Waals surface area contributed by atoms with Crippen molar-refractivity contribution >= 4 is 33.5 Å². The van der Waals surface area contributed by atoms with Crippen LogP contribution in [0.2, 0.25) is 0 Å². The van der Waals surface area contributed by atoms with Crippen LogP contribution >= 0.6 is 11.8 Å². The molecule has 0 aliphatic carbocycles. The smallest absolute Gasteiger partial charge is 0.243 e. The van der Waals surface area contributed by atoms with Gasteiger partial charge < -0.3 is 5.32 Å². The van der Waals surface area contributed by atoms with Crippen LogP contribution in [0, 0.1) is 11.7 Å². The number of hydrogen-bond donors (Lipinski definition) is 1. The molecule has 2 aliphatic rings. The lowest BCUT2D eigenvalue weighted by atomic mass is 9.95. The summed E-state index contributed by atoms with van der Waals surface area (Å²) in [5.41, 5.74) is 1.16. The van der Waals surface area contributed by atoms with Crippen molar-refractivity contribution in [3.05, 3.63) is 59.4 Å². The summed E-state index contributed by atoms with van der Waals surface area (Å²) in [5, 5.41) is 3.05. The van der Waals surface area contributed by atoms with E-state index in [4.69, 9.17) is 0 Å². The summed E-state index contributed by atoms with van der Waals surface area (Å²) < 4.78 is 41.1. The number of nitrogens with zero attached hydrogens (tertiary/aromatic N) is 1. The quantitative estimate of drug-likeness (QED) is 0.664. The Hall–Kier alpha value is -2.23. The van der Waals surface area contributed by atoms with Gasteiger partial charge in [-0.25, -0.2) is 12.8 Å². The van der Waals surface area contributed by atoms with Gasteiger partial charge in [-0.3, -0.25) is 9.59 Å². The Bertz CT molecular complexity index is 1140. The van der Waals surface area contributed by atoms with E-state index in [0.29, 0.717) is 18.4 Å². The monoisotopic (exact) mass is 476 g/mol. The zero-order valence-corrected chi connectivity index (χ0v) is 19.3. The van der Waals surface area contributed by atoms with E-state index in [-0.39, 0.29) is 47.5 Å². The molecule has 0 spiro atoms. The second-order valence-corrected chi connectivity index (χ2v) is 11.2. The third-order valence-electron chi connectivity index (χ3n) is 6.03. The zero-order chi connectivity index (χ0) is 22.9. The third kappa shape index (κ3) is 4.74. The molecule has 1 atom stereocenters.